The summed E-state index contributed by atoms with van der Waals surface area (Å²) in [7, 11) is 0. The third-order valence-electron chi connectivity index (χ3n) is 2.83. The Morgan fingerprint density at radius 1 is 1.65 bits per heavy atom. The molecule has 7 nitrogen and oxygen atoms in total. The van der Waals surface area contributed by atoms with E-state index in [0.29, 0.717) is 31.8 Å². The fourth-order valence-electron chi connectivity index (χ4n) is 1.95. The molecule has 0 radical (unpaired) electrons. The van der Waals surface area contributed by atoms with E-state index in [-0.39, 0.29) is 11.8 Å². The fraction of sp³-hybridized carbons (Fsp3) is 0.500. The molecule has 0 bridgehead atoms. The molecule has 1 aromatic rings. The van der Waals surface area contributed by atoms with Gasteiger partial charge in [-0.15, -0.1) is 0 Å². The lowest BCUT2D eigenvalue weighted by Gasteiger charge is -2.12. The summed E-state index contributed by atoms with van der Waals surface area (Å²) in [5.41, 5.74) is 0. The zero-order chi connectivity index (χ0) is 12.4. The maximum absolute atomic E-state index is 10.8. The van der Waals surface area contributed by atoms with E-state index in [1.807, 2.05) is 4.90 Å². The summed E-state index contributed by atoms with van der Waals surface area (Å²) < 4.78 is 5.01. The van der Waals surface area contributed by atoms with Crippen LogP contribution in [0.25, 0.3) is 0 Å². The van der Waals surface area contributed by atoms with Crippen molar-refractivity contribution in [3.8, 4) is 0 Å². The van der Waals surface area contributed by atoms with Crippen molar-refractivity contribution in [1.29, 1.82) is 0 Å². The standard InChI is InChI=1S/C10H12N2O5/c13-10(14)7-3-4-11(5-7)6-8-1-2-9(17-8)12(15)16/h1-2,7H,3-6H2,(H,13,14). The number of nitro groups is 1. The molecular weight excluding hydrogens is 228 g/mol. The zero-order valence-electron chi connectivity index (χ0n) is 9.04. The molecule has 0 saturated carbocycles. The number of nitrogens with zero attached hydrogens (tertiary/aromatic N) is 2. The number of likely N-dealkylation sites (tertiary alicyclic amines) is 1. The molecule has 2 heterocycles. The van der Waals surface area contributed by atoms with Crippen molar-refractivity contribution in [2.75, 3.05) is 13.1 Å². The molecule has 1 fully saturated rings. The minimum atomic E-state index is -0.794. The van der Waals surface area contributed by atoms with Gasteiger partial charge < -0.3 is 9.52 Å². The summed E-state index contributed by atoms with van der Waals surface area (Å²) in [5.74, 6) is -0.936. The highest BCUT2D eigenvalue weighted by Crippen LogP contribution is 2.21. The van der Waals surface area contributed by atoms with Crippen LogP contribution in [-0.4, -0.2) is 34.0 Å². The number of carbonyl (C=O) groups is 1. The Bertz CT molecular complexity index is 442. The van der Waals surface area contributed by atoms with Crippen LogP contribution in [0.1, 0.15) is 12.2 Å². The Kier molecular flexibility index (Phi) is 3.10. The molecule has 0 aliphatic carbocycles. The molecule has 1 aliphatic heterocycles. The van der Waals surface area contributed by atoms with E-state index in [0.717, 1.165) is 0 Å². The van der Waals surface area contributed by atoms with Gasteiger partial charge in [-0.05, 0) is 19.0 Å². The number of hydrogen-bond acceptors (Lipinski definition) is 5. The number of carboxylic acid groups (broad SMARTS) is 1. The SMILES string of the molecule is O=C(O)C1CCN(Cc2ccc([N+](=O)[O-])o2)C1. The molecule has 17 heavy (non-hydrogen) atoms. The molecule has 1 saturated heterocycles. The molecule has 1 atom stereocenters. The molecular formula is C10H12N2O5. The van der Waals surface area contributed by atoms with E-state index in [9.17, 15) is 14.9 Å². The topological polar surface area (TPSA) is 96.8 Å². The van der Waals surface area contributed by atoms with Gasteiger partial charge in [0.25, 0.3) is 0 Å². The maximum atomic E-state index is 10.8. The number of aliphatic carboxylic acids is 1. The van der Waals surface area contributed by atoms with Crippen LogP contribution in [0.2, 0.25) is 0 Å². The first-order valence-electron chi connectivity index (χ1n) is 5.24. The van der Waals surface area contributed by atoms with Crippen LogP contribution in [0, 0.1) is 16.0 Å². The van der Waals surface area contributed by atoms with Crippen molar-refractivity contribution >= 4 is 11.9 Å². The smallest absolute Gasteiger partial charge is 0.433 e. The second-order valence-electron chi connectivity index (χ2n) is 4.06. The van der Waals surface area contributed by atoms with E-state index < -0.39 is 10.9 Å². The van der Waals surface area contributed by atoms with Gasteiger partial charge in [-0.2, -0.15) is 0 Å². The molecule has 1 unspecified atom stereocenters. The molecule has 0 aromatic carbocycles. The van der Waals surface area contributed by atoms with Crippen LogP contribution in [0.4, 0.5) is 5.88 Å². The molecule has 1 aromatic heterocycles. The predicted molar refractivity (Wildman–Crippen MR) is 56.4 cm³/mol. The lowest BCUT2D eigenvalue weighted by molar-refractivity contribution is -0.402. The van der Waals surface area contributed by atoms with Gasteiger partial charge in [0.2, 0.25) is 0 Å². The first-order valence-corrected chi connectivity index (χ1v) is 5.24. The zero-order valence-corrected chi connectivity index (χ0v) is 9.04. The predicted octanol–water partition coefficient (Wildman–Crippen LogP) is 1.09. The second kappa shape index (κ2) is 4.54. The molecule has 0 spiro atoms. The fourth-order valence-corrected chi connectivity index (χ4v) is 1.95. The summed E-state index contributed by atoms with van der Waals surface area (Å²) >= 11 is 0. The third kappa shape index (κ3) is 2.62. The number of carboxylic acids is 1. The van der Waals surface area contributed by atoms with Crippen LogP contribution >= 0.6 is 0 Å². The van der Waals surface area contributed by atoms with Crippen molar-refractivity contribution in [2.45, 2.75) is 13.0 Å². The van der Waals surface area contributed by atoms with E-state index in [1.165, 1.54) is 6.07 Å². The Balaban J connectivity index is 1.93. The molecule has 1 aliphatic rings. The van der Waals surface area contributed by atoms with Crippen LogP contribution in [-0.2, 0) is 11.3 Å². The Morgan fingerprint density at radius 2 is 2.41 bits per heavy atom. The van der Waals surface area contributed by atoms with Crippen molar-refractivity contribution < 1.29 is 19.2 Å². The highest BCUT2D eigenvalue weighted by atomic mass is 16.6. The van der Waals surface area contributed by atoms with Crippen LogP contribution in [0.3, 0.4) is 0 Å². The van der Waals surface area contributed by atoms with E-state index in [4.69, 9.17) is 9.52 Å². The molecule has 1 N–H and O–H groups in total. The average molecular weight is 240 g/mol. The quantitative estimate of drug-likeness (QED) is 0.625. The second-order valence-corrected chi connectivity index (χ2v) is 4.06. The van der Waals surface area contributed by atoms with Crippen LogP contribution in [0.5, 0.6) is 0 Å². The molecule has 0 amide bonds. The van der Waals surface area contributed by atoms with Gasteiger partial charge in [-0.1, -0.05) is 0 Å². The Hall–Kier alpha value is -1.89. The number of furan rings is 1. The van der Waals surface area contributed by atoms with Gasteiger partial charge in [0.1, 0.15) is 10.7 Å². The minimum absolute atomic E-state index is 0.283. The summed E-state index contributed by atoms with van der Waals surface area (Å²) in [5, 5.41) is 19.2. The van der Waals surface area contributed by atoms with Gasteiger partial charge in [-0.25, -0.2) is 0 Å². The van der Waals surface area contributed by atoms with Gasteiger partial charge in [0.05, 0.1) is 18.5 Å². The average Bonchev–Trinajstić information content (AvgIpc) is 2.87. The summed E-state index contributed by atoms with van der Waals surface area (Å²) in [6.45, 7) is 1.55. The van der Waals surface area contributed by atoms with Gasteiger partial charge in [-0.3, -0.25) is 19.8 Å². The van der Waals surface area contributed by atoms with E-state index in [1.54, 1.807) is 6.07 Å². The van der Waals surface area contributed by atoms with Crippen LogP contribution in [0.15, 0.2) is 16.5 Å². The van der Waals surface area contributed by atoms with Gasteiger partial charge in [0.15, 0.2) is 0 Å². The van der Waals surface area contributed by atoms with Gasteiger partial charge in [0, 0.05) is 6.54 Å². The lowest BCUT2D eigenvalue weighted by Crippen LogP contribution is -2.22. The normalized spacial score (nSPS) is 20.6. The van der Waals surface area contributed by atoms with Gasteiger partial charge >= 0.3 is 11.9 Å². The lowest BCUT2D eigenvalue weighted by atomic mass is 10.1. The third-order valence-corrected chi connectivity index (χ3v) is 2.83. The molecule has 2 rings (SSSR count). The first kappa shape index (κ1) is 11.6. The van der Waals surface area contributed by atoms with Crippen molar-refractivity contribution in [1.82, 2.24) is 4.90 Å². The highest BCUT2D eigenvalue weighted by molar-refractivity contribution is 5.70. The highest BCUT2D eigenvalue weighted by Gasteiger charge is 2.28. The monoisotopic (exact) mass is 240 g/mol. The van der Waals surface area contributed by atoms with Crippen molar-refractivity contribution in [2.24, 2.45) is 5.92 Å². The Morgan fingerprint density at radius 3 is 2.94 bits per heavy atom. The van der Waals surface area contributed by atoms with Crippen molar-refractivity contribution in [3.63, 3.8) is 0 Å². The first-order chi connectivity index (χ1) is 8.06. The number of rotatable bonds is 4. The summed E-state index contributed by atoms with van der Waals surface area (Å²) in [6.07, 6.45) is 0.609. The number of hydrogen-bond donors (Lipinski definition) is 1. The van der Waals surface area contributed by atoms with Crippen LogP contribution < -0.4 is 0 Å². The summed E-state index contributed by atoms with van der Waals surface area (Å²) in [4.78, 5) is 22.5. The summed E-state index contributed by atoms with van der Waals surface area (Å²) in [6, 6.07) is 2.85. The molecule has 92 valence electrons. The van der Waals surface area contributed by atoms with E-state index >= 15 is 0 Å². The minimum Gasteiger partial charge on any atom is -0.481 e. The molecule has 7 heteroatoms. The van der Waals surface area contributed by atoms with E-state index in [2.05, 4.69) is 0 Å². The Labute approximate surface area is 96.8 Å². The maximum Gasteiger partial charge on any atom is 0.433 e. The van der Waals surface area contributed by atoms with Crippen molar-refractivity contribution in [3.05, 3.63) is 28.0 Å². The largest absolute Gasteiger partial charge is 0.481 e.